The van der Waals surface area contributed by atoms with E-state index in [4.69, 9.17) is 9.47 Å². The lowest BCUT2D eigenvalue weighted by molar-refractivity contribution is -0.126. The molecule has 3 N–H and O–H groups in total. The quantitative estimate of drug-likeness (QED) is 0.523. The zero-order chi connectivity index (χ0) is 12.9. The van der Waals surface area contributed by atoms with Crippen LogP contribution in [-0.4, -0.2) is 44.9 Å². The fourth-order valence-corrected chi connectivity index (χ4v) is 2.43. The molecule has 2 aliphatic rings. The van der Waals surface area contributed by atoms with Crippen LogP contribution in [0, 0.1) is 5.92 Å². The largest absolute Gasteiger partial charge is 0.388 e. The van der Waals surface area contributed by atoms with Crippen molar-refractivity contribution in [3.05, 3.63) is 33.1 Å². The van der Waals surface area contributed by atoms with Crippen molar-refractivity contribution in [3.8, 4) is 0 Å². The first-order valence-electron chi connectivity index (χ1n) is 5.52. The number of aliphatic hydroxyl groups is 2. The highest BCUT2D eigenvalue weighted by Gasteiger charge is 2.52. The van der Waals surface area contributed by atoms with Gasteiger partial charge in [-0.2, -0.15) is 0 Å². The summed E-state index contributed by atoms with van der Waals surface area (Å²) in [5, 5.41) is 19.6. The molecule has 18 heavy (non-hydrogen) atoms. The third kappa shape index (κ3) is 1.62. The Morgan fingerprint density at radius 3 is 2.83 bits per heavy atom. The average Bonchev–Trinajstić information content (AvgIpc) is 2.82. The van der Waals surface area contributed by atoms with Crippen molar-refractivity contribution in [2.45, 2.75) is 24.7 Å². The first-order chi connectivity index (χ1) is 8.58. The van der Waals surface area contributed by atoms with Gasteiger partial charge in [-0.1, -0.05) is 0 Å². The van der Waals surface area contributed by atoms with Crippen molar-refractivity contribution >= 4 is 0 Å². The number of aromatic amines is 1. The number of hydrogen-bond acceptors (Lipinski definition) is 6. The van der Waals surface area contributed by atoms with Gasteiger partial charge in [-0.3, -0.25) is 14.3 Å². The van der Waals surface area contributed by atoms with Gasteiger partial charge in [-0.05, 0) is 0 Å². The number of hydrogen-bond donors (Lipinski definition) is 3. The molecule has 0 aliphatic carbocycles. The van der Waals surface area contributed by atoms with Crippen molar-refractivity contribution in [2.24, 2.45) is 5.92 Å². The summed E-state index contributed by atoms with van der Waals surface area (Å²) in [6.45, 7) is 0.164. The van der Waals surface area contributed by atoms with E-state index in [1.165, 1.54) is 12.3 Å². The highest BCUT2D eigenvalue weighted by atomic mass is 16.6. The van der Waals surface area contributed by atoms with E-state index in [0.717, 1.165) is 4.57 Å². The Kier molecular flexibility index (Phi) is 2.59. The number of ether oxygens (including phenoxy) is 2. The Bertz CT molecular complexity index is 566. The van der Waals surface area contributed by atoms with E-state index in [1.807, 2.05) is 0 Å². The smallest absolute Gasteiger partial charge is 0.330 e. The van der Waals surface area contributed by atoms with Crippen molar-refractivity contribution in [1.29, 1.82) is 0 Å². The zero-order valence-corrected chi connectivity index (χ0v) is 9.22. The van der Waals surface area contributed by atoms with Crippen molar-refractivity contribution in [2.75, 3.05) is 6.61 Å². The van der Waals surface area contributed by atoms with Gasteiger partial charge in [0.1, 0.15) is 6.10 Å². The molecule has 2 saturated heterocycles. The first kappa shape index (κ1) is 11.6. The molecule has 8 nitrogen and oxygen atoms in total. The second-order valence-electron chi connectivity index (χ2n) is 4.37. The topological polar surface area (TPSA) is 114 Å². The highest BCUT2D eigenvalue weighted by molar-refractivity contribution is 4.96. The highest BCUT2D eigenvalue weighted by Crippen LogP contribution is 2.39. The lowest BCUT2D eigenvalue weighted by Gasteiger charge is -2.20. The van der Waals surface area contributed by atoms with Crippen LogP contribution in [0.1, 0.15) is 6.23 Å². The zero-order valence-electron chi connectivity index (χ0n) is 9.22. The molecule has 0 aromatic carbocycles. The normalized spacial score (nSPS) is 38.9. The van der Waals surface area contributed by atoms with Crippen LogP contribution in [0.3, 0.4) is 0 Å². The molecule has 2 fully saturated rings. The van der Waals surface area contributed by atoms with Gasteiger partial charge in [0.2, 0.25) is 0 Å². The third-order valence-electron chi connectivity index (χ3n) is 3.32. The van der Waals surface area contributed by atoms with Gasteiger partial charge in [0.25, 0.3) is 5.56 Å². The maximum absolute atomic E-state index is 11.6. The molecule has 8 heteroatoms. The van der Waals surface area contributed by atoms with Crippen molar-refractivity contribution in [1.82, 2.24) is 9.55 Å². The van der Waals surface area contributed by atoms with Crippen molar-refractivity contribution < 1.29 is 19.7 Å². The van der Waals surface area contributed by atoms with Gasteiger partial charge >= 0.3 is 5.69 Å². The predicted octanol–water partition coefficient (Wildman–Crippen LogP) is -2.24. The van der Waals surface area contributed by atoms with Crippen LogP contribution in [0.25, 0.3) is 0 Å². The minimum Gasteiger partial charge on any atom is -0.388 e. The number of nitrogens with one attached hydrogen (secondary N) is 1. The summed E-state index contributed by atoms with van der Waals surface area (Å²) < 4.78 is 11.5. The summed E-state index contributed by atoms with van der Waals surface area (Å²) in [6.07, 6.45) is -2.31. The molecule has 0 spiro atoms. The summed E-state index contributed by atoms with van der Waals surface area (Å²) in [6, 6.07) is 1.17. The summed E-state index contributed by atoms with van der Waals surface area (Å²) >= 11 is 0. The molecule has 5 atom stereocenters. The molecule has 3 unspecified atom stereocenters. The van der Waals surface area contributed by atoms with Crippen LogP contribution < -0.4 is 11.2 Å². The van der Waals surface area contributed by atoms with E-state index < -0.39 is 41.9 Å². The summed E-state index contributed by atoms with van der Waals surface area (Å²) in [7, 11) is 0. The molecule has 0 bridgehead atoms. The third-order valence-corrected chi connectivity index (χ3v) is 3.32. The predicted molar refractivity (Wildman–Crippen MR) is 56.7 cm³/mol. The second-order valence-corrected chi connectivity index (χ2v) is 4.37. The van der Waals surface area contributed by atoms with Gasteiger partial charge in [0, 0.05) is 12.3 Å². The summed E-state index contributed by atoms with van der Waals surface area (Å²) in [5.41, 5.74) is -1.19. The van der Waals surface area contributed by atoms with E-state index >= 15 is 0 Å². The second kappa shape index (κ2) is 4.02. The van der Waals surface area contributed by atoms with Gasteiger partial charge < -0.3 is 19.7 Å². The molecular weight excluding hydrogens is 244 g/mol. The summed E-state index contributed by atoms with van der Waals surface area (Å²) in [4.78, 5) is 24.6. The molecule has 0 amide bonds. The molecule has 0 radical (unpaired) electrons. The van der Waals surface area contributed by atoms with Gasteiger partial charge in [-0.15, -0.1) is 0 Å². The Hall–Kier alpha value is -1.48. The monoisotopic (exact) mass is 256 g/mol. The van der Waals surface area contributed by atoms with E-state index in [-0.39, 0.29) is 6.61 Å². The van der Waals surface area contributed by atoms with E-state index in [1.54, 1.807) is 0 Å². The number of rotatable bonds is 1. The molecule has 2 aliphatic heterocycles. The number of aromatic nitrogens is 2. The molecule has 1 aromatic rings. The fraction of sp³-hybridized carbons (Fsp3) is 0.600. The van der Waals surface area contributed by atoms with Gasteiger partial charge in [0.15, 0.2) is 12.5 Å². The lowest BCUT2D eigenvalue weighted by Crippen LogP contribution is -2.38. The summed E-state index contributed by atoms with van der Waals surface area (Å²) in [5.74, 6) is -0.589. The minimum absolute atomic E-state index is 0.164. The van der Waals surface area contributed by atoms with E-state index in [0.29, 0.717) is 0 Å². The van der Waals surface area contributed by atoms with Gasteiger partial charge in [0.05, 0.1) is 18.6 Å². The molecule has 98 valence electrons. The first-order valence-corrected chi connectivity index (χ1v) is 5.52. The Morgan fingerprint density at radius 2 is 2.17 bits per heavy atom. The molecule has 3 rings (SSSR count). The Labute approximate surface area is 100 Å². The molecular formula is C10H12N2O6. The molecule has 0 saturated carbocycles. The number of fused-ring (bicyclic) bond motifs is 1. The van der Waals surface area contributed by atoms with Crippen LogP contribution >= 0.6 is 0 Å². The SMILES string of the molecule is O=c1ccn([C@@H]2OC3COC(O)C3[C@@H]2O)c(=O)[nH]1. The number of H-pyrrole nitrogens is 1. The van der Waals surface area contributed by atoms with E-state index in [9.17, 15) is 19.8 Å². The minimum atomic E-state index is -1.10. The lowest BCUT2D eigenvalue weighted by atomic mass is 10.00. The van der Waals surface area contributed by atoms with Gasteiger partial charge in [-0.25, -0.2) is 4.79 Å². The van der Waals surface area contributed by atoms with Crippen LogP contribution in [0.5, 0.6) is 0 Å². The van der Waals surface area contributed by atoms with Crippen LogP contribution in [0.2, 0.25) is 0 Å². The van der Waals surface area contributed by atoms with E-state index in [2.05, 4.69) is 4.98 Å². The number of nitrogens with zero attached hydrogens (tertiary/aromatic N) is 1. The van der Waals surface area contributed by atoms with Crippen LogP contribution in [0.15, 0.2) is 21.9 Å². The Morgan fingerprint density at radius 1 is 1.39 bits per heavy atom. The van der Waals surface area contributed by atoms with Crippen LogP contribution in [-0.2, 0) is 9.47 Å². The average molecular weight is 256 g/mol. The standard InChI is InChI=1S/C10H12N2O6/c13-5-1-2-12(10(16)11-5)8-7(14)6-4(18-8)3-17-9(6)15/h1-2,4,6-9,14-15H,3H2,(H,11,13,16)/t4?,6?,7-,8+,9?/m0/s1. The maximum Gasteiger partial charge on any atom is 0.330 e. The molecule has 1 aromatic heterocycles. The molecule has 3 heterocycles. The Balaban J connectivity index is 1.95. The fourth-order valence-electron chi connectivity index (χ4n) is 2.43. The van der Waals surface area contributed by atoms with Crippen LogP contribution in [0.4, 0.5) is 0 Å². The van der Waals surface area contributed by atoms with Crippen molar-refractivity contribution in [3.63, 3.8) is 0 Å². The number of aliphatic hydroxyl groups excluding tert-OH is 2. The maximum atomic E-state index is 11.6.